The van der Waals surface area contributed by atoms with Gasteiger partial charge < -0.3 is 9.42 Å². The number of nitrogens with one attached hydrogen (secondary N) is 1. The molecule has 0 aliphatic rings. The van der Waals surface area contributed by atoms with E-state index in [0.29, 0.717) is 6.61 Å². The summed E-state index contributed by atoms with van der Waals surface area (Å²) in [5.74, 6) is -0.649. The Hall–Kier alpha value is -0.670. The van der Waals surface area contributed by atoms with Crippen molar-refractivity contribution in [1.82, 2.24) is 5.32 Å². The summed E-state index contributed by atoms with van der Waals surface area (Å²) in [6.45, 7) is 5.36. The van der Waals surface area contributed by atoms with Crippen molar-refractivity contribution < 1.29 is 14.0 Å². The van der Waals surface area contributed by atoms with E-state index in [1.54, 1.807) is 0 Å². The monoisotopic (exact) mass is 411 g/mol. The average Bonchev–Trinajstić information content (AvgIpc) is 2.69. The summed E-state index contributed by atoms with van der Waals surface area (Å²) in [6.07, 6.45) is 14.6. The van der Waals surface area contributed by atoms with Gasteiger partial charge in [0.2, 0.25) is 0 Å². The maximum atomic E-state index is 12.8. The molecule has 2 N–H and O–H groups in total. The predicted octanol–water partition coefficient (Wildman–Crippen LogP) is 7.20. The molecule has 0 bridgehead atoms. The molecule has 162 valence electrons. The highest BCUT2D eigenvalue weighted by molar-refractivity contribution is 7.53. The average molecular weight is 412 g/mol. The molecule has 1 aromatic carbocycles. The summed E-state index contributed by atoms with van der Waals surface area (Å²) >= 11 is 0. The highest BCUT2D eigenvalue weighted by Crippen LogP contribution is 2.55. The van der Waals surface area contributed by atoms with E-state index in [0.717, 1.165) is 37.8 Å². The largest absolute Gasteiger partial charge is 0.349 e. The molecule has 0 aliphatic carbocycles. The second-order valence-electron chi connectivity index (χ2n) is 7.70. The van der Waals surface area contributed by atoms with Gasteiger partial charge in [0.1, 0.15) is 5.78 Å². The van der Waals surface area contributed by atoms with Crippen LogP contribution in [0.2, 0.25) is 0 Å². The third-order valence-corrected chi connectivity index (χ3v) is 6.77. The van der Waals surface area contributed by atoms with Crippen molar-refractivity contribution in [2.24, 2.45) is 0 Å². The fraction of sp³-hybridized carbons (Fsp3) is 0.739. The second-order valence-corrected chi connectivity index (χ2v) is 9.60. The third kappa shape index (κ3) is 11.4. The Kier molecular flexibility index (Phi) is 14.6. The minimum atomic E-state index is -3.75. The summed E-state index contributed by atoms with van der Waals surface area (Å²) in [5.41, 5.74) is 0.817. The molecule has 2 atom stereocenters. The van der Waals surface area contributed by atoms with E-state index in [9.17, 15) is 9.46 Å². The van der Waals surface area contributed by atoms with Crippen molar-refractivity contribution in [2.45, 2.75) is 96.7 Å². The molecule has 0 aliphatic heterocycles. The summed E-state index contributed by atoms with van der Waals surface area (Å²) in [5, 5.41) is 3.29. The van der Waals surface area contributed by atoms with Crippen molar-refractivity contribution in [1.29, 1.82) is 0 Å². The van der Waals surface area contributed by atoms with Crippen LogP contribution < -0.4 is 5.32 Å². The molecule has 4 nitrogen and oxygen atoms in total. The number of unbranched alkanes of at least 4 members (excludes halogenated alkanes) is 10. The predicted molar refractivity (Wildman–Crippen MR) is 120 cm³/mol. The van der Waals surface area contributed by atoms with Crippen molar-refractivity contribution in [3.8, 4) is 0 Å². The lowest BCUT2D eigenvalue weighted by Crippen LogP contribution is -2.23. The van der Waals surface area contributed by atoms with Crippen LogP contribution in [0.15, 0.2) is 30.3 Å². The first-order valence-electron chi connectivity index (χ1n) is 11.4. The highest BCUT2D eigenvalue weighted by atomic mass is 31.2. The summed E-state index contributed by atoms with van der Waals surface area (Å²) < 4.78 is 18.2. The zero-order valence-corrected chi connectivity index (χ0v) is 19.0. The summed E-state index contributed by atoms with van der Waals surface area (Å²) in [4.78, 5) is 10.5. The van der Waals surface area contributed by atoms with Crippen molar-refractivity contribution in [3.63, 3.8) is 0 Å². The Bertz CT molecular complexity index is 524. The zero-order chi connectivity index (χ0) is 20.5. The van der Waals surface area contributed by atoms with Gasteiger partial charge in [-0.2, -0.15) is 0 Å². The second kappa shape index (κ2) is 16.2. The van der Waals surface area contributed by atoms with Gasteiger partial charge in [0.25, 0.3) is 0 Å². The molecule has 0 amide bonds. The van der Waals surface area contributed by atoms with Gasteiger partial charge in [-0.1, -0.05) is 108 Å². The van der Waals surface area contributed by atoms with E-state index in [1.165, 1.54) is 51.4 Å². The topological polar surface area (TPSA) is 58.6 Å². The first kappa shape index (κ1) is 25.4. The van der Waals surface area contributed by atoms with Gasteiger partial charge in [-0.05, 0) is 24.9 Å². The molecule has 0 aromatic heterocycles. The van der Waals surface area contributed by atoms with Crippen LogP contribution in [0, 0.1) is 0 Å². The normalized spacial score (nSPS) is 14.7. The van der Waals surface area contributed by atoms with Gasteiger partial charge in [-0.3, -0.25) is 9.88 Å². The van der Waals surface area contributed by atoms with Gasteiger partial charge >= 0.3 is 7.60 Å². The van der Waals surface area contributed by atoms with Gasteiger partial charge in [-0.15, -0.1) is 0 Å². The lowest BCUT2D eigenvalue weighted by molar-refractivity contribution is 0.242. The third-order valence-electron chi connectivity index (χ3n) is 5.08. The van der Waals surface area contributed by atoms with Crippen LogP contribution in [0.5, 0.6) is 0 Å². The summed E-state index contributed by atoms with van der Waals surface area (Å²) in [7, 11) is -3.75. The Morgan fingerprint density at radius 1 is 0.857 bits per heavy atom. The van der Waals surface area contributed by atoms with Crippen molar-refractivity contribution in [2.75, 3.05) is 13.2 Å². The van der Waals surface area contributed by atoms with Gasteiger partial charge in [-0.25, -0.2) is 0 Å². The minimum Gasteiger partial charge on any atom is -0.323 e. The van der Waals surface area contributed by atoms with Crippen molar-refractivity contribution in [3.05, 3.63) is 35.9 Å². The molecular weight excluding hydrogens is 369 g/mol. The fourth-order valence-electron chi connectivity index (χ4n) is 3.32. The number of hydrogen-bond acceptors (Lipinski definition) is 3. The number of hydrogen-bond donors (Lipinski definition) is 2. The number of rotatable bonds is 18. The van der Waals surface area contributed by atoms with Crippen LogP contribution in [0.25, 0.3) is 0 Å². The van der Waals surface area contributed by atoms with Crippen LogP contribution in [0.1, 0.15) is 102 Å². The zero-order valence-electron chi connectivity index (χ0n) is 18.1. The molecule has 5 heteroatoms. The van der Waals surface area contributed by atoms with Gasteiger partial charge in [0, 0.05) is 0 Å². The SMILES string of the molecule is CCCCCCCCCCCCNC(c1ccccc1)P(=O)(O)OCCCC. The van der Waals surface area contributed by atoms with E-state index in [2.05, 4.69) is 12.2 Å². The molecule has 0 radical (unpaired) electrons. The van der Waals surface area contributed by atoms with E-state index in [4.69, 9.17) is 4.52 Å². The Morgan fingerprint density at radius 2 is 1.39 bits per heavy atom. The van der Waals surface area contributed by atoms with Crippen LogP contribution in [-0.2, 0) is 9.09 Å². The Labute approximate surface area is 173 Å². The molecule has 1 rings (SSSR count). The smallest absolute Gasteiger partial charge is 0.323 e. The molecule has 2 unspecified atom stereocenters. The standard InChI is InChI=1S/C23H42NO3P/c1-3-5-7-8-9-10-11-12-13-17-20-24-23(22-18-15-14-16-19-22)28(25,26)27-21-6-4-2/h14-16,18-19,23-24H,3-13,17,20-21H2,1-2H3,(H,25,26). The molecule has 0 heterocycles. The van der Waals surface area contributed by atoms with Crippen LogP contribution in [0.3, 0.4) is 0 Å². The quantitative estimate of drug-likeness (QED) is 0.198. The Balaban J connectivity index is 2.32. The van der Waals surface area contributed by atoms with Crippen molar-refractivity contribution >= 4 is 7.60 Å². The van der Waals surface area contributed by atoms with Gasteiger partial charge in [0.05, 0.1) is 6.61 Å². The molecule has 28 heavy (non-hydrogen) atoms. The molecule has 0 spiro atoms. The Morgan fingerprint density at radius 3 is 1.96 bits per heavy atom. The summed E-state index contributed by atoms with van der Waals surface area (Å²) in [6, 6.07) is 9.50. The number of benzene rings is 1. The van der Waals surface area contributed by atoms with Crippen LogP contribution in [-0.4, -0.2) is 18.0 Å². The van der Waals surface area contributed by atoms with E-state index in [-0.39, 0.29) is 0 Å². The van der Waals surface area contributed by atoms with Crippen LogP contribution >= 0.6 is 7.60 Å². The lowest BCUT2D eigenvalue weighted by Gasteiger charge is -2.24. The first-order chi connectivity index (χ1) is 13.6. The molecule has 0 saturated carbocycles. The molecular formula is C23H42NO3P. The van der Waals surface area contributed by atoms with Gasteiger partial charge in [0.15, 0.2) is 0 Å². The molecule has 1 aromatic rings. The minimum absolute atomic E-state index is 0.327. The maximum Gasteiger partial charge on any atom is 0.349 e. The van der Waals surface area contributed by atoms with Crippen LogP contribution in [0.4, 0.5) is 0 Å². The molecule has 0 fully saturated rings. The first-order valence-corrected chi connectivity index (χ1v) is 13.0. The lowest BCUT2D eigenvalue weighted by atomic mass is 10.1. The highest BCUT2D eigenvalue weighted by Gasteiger charge is 2.33. The molecule has 0 saturated heterocycles. The maximum absolute atomic E-state index is 12.8. The van der Waals surface area contributed by atoms with E-state index in [1.807, 2.05) is 37.3 Å². The van der Waals surface area contributed by atoms with E-state index >= 15 is 0 Å². The van der Waals surface area contributed by atoms with E-state index < -0.39 is 13.4 Å². The fourth-order valence-corrected chi connectivity index (χ4v) is 4.77.